The van der Waals surface area contributed by atoms with E-state index in [1.54, 1.807) is 0 Å². The van der Waals surface area contributed by atoms with Crippen molar-refractivity contribution in [1.29, 1.82) is 0 Å². The number of anilines is 1. The number of hydrogen-bond acceptors (Lipinski definition) is 26. The molecule has 8 N–H and O–H groups in total. The van der Waals surface area contributed by atoms with Crippen LogP contribution < -0.4 is 5.73 Å². The van der Waals surface area contributed by atoms with E-state index in [4.69, 9.17) is 25.0 Å². The molecule has 0 heterocycles. The smallest absolute Gasteiger partial charge is 0.397 e. The molecule has 0 unspecified atom stereocenters. The third kappa shape index (κ3) is 12.6. The third-order valence-electron chi connectivity index (χ3n) is 8.11. The largest absolute Gasteiger partial charge is 0.505 e. The molecule has 0 aliphatic rings. The van der Waals surface area contributed by atoms with E-state index >= 15 is 0 Å². The molecule has 64 heavy (non-hydrogen) atoms. The topological polar surface area (TPSA) is 423 Å². The van der Waals surface area contributed by atoms with Crippen LogP contribution in [0.5, 0.6) is 5.75 Å². The summed E-state index contributed by atoms with van der Waals surface area (Å²) >= 11 is 0.305. The van der Waals surface area contributed by atoms with Crippen LogP contribution in [0.15, 0.2) is 112 Å². The number of nitrogens with zero attached hydrogens (tertiary/aromatic N) is 4. The summed E-state index contributed by atoms with van der Waals surface area (Å²) in [6.07, 6.45) is 0. The van der Waals surface area contributed by atoms with E-state index in [9.17, 15) is 56.3 Å². The highest BCUT2D eigenvalue weighted by molar-refractivity contribution is 7.94. The minimum absolute atomic E-state index is 0.0211. The van der Waals surface area contributed by atoms with Gasteiger partial charge in [0.15, 0.2) is 37.7 Å². The zero-order valence-corrected chi connectivity index (χ0v) is 36.8. The SMILES string of the molecule is Nc1c(/N=N/c2ccc(S(=O)(=O)CCOS(=O)(=O)O)cc2)c(S(=O)(=O)O)cc2cc(SOOO)c(/N=N/c3ccc4cc(S(=O)(=O)CCOSOOO)cc(S(=O)(=O)O)c4c3)c(O)c12. The molecular formula is C30H27N5O22S7. The van der Waals surface area contributed by atoms with Crippen molar-refractivity contribution in [2.45, 2.75) is 24.5 Å². The van der Waals surface area contributed by atoms with E-state index in [2.05, 4.69) is 43.4 Å². The van der Waals surface area contributed by atoms with Crippen molar-refractivity contribution in [3.05, 3.63) is 66.7 Å². The number of hydrogen-bond donors (Lipinski definition) is 7. The van der Waals surface area contributed by atoms with E-state index < -0.39 is 113 Å². The quantitative estimate of drug-likeness (QED) is 0.00919. The normalized spacial score (nSPS) is 13.2. The van der Waals surface area contributed by atoms with Crippen LogP contribution in [0, 0.1) is 0 Å². The van der Waals surface area contributed by atoms with Crippen LogP contribution in [-0.2, 0) is 77.4 Å². The highest BCUT2D eigenvalue weighted by Crippen LogP contribution is 2.50. The number of benzene rings is 5. The molecule has 0 aromatic heterocycles. The highest BCUT2D eigenvalue weighted by atomic mass is 32.3. The number of phenolic OH excluding ortho intramolecular Hbond substituents is 1. The summed E-state index contributed by atoms with van der Waals surface area (Å²) in [5, 5.41) is 50.2. The van der Waals surface area contributed by atoms with Crippen LogP contribution in [-0.4, -0.2) is 96.1 Å². The number of azo groups is 2. The lowest BCUT2D eigenvalue weighted by Crippen LogP contribution is -2.15. The first kappa shape index (κ1) is 50.4. The molecule has 0 aliphatic carbocycles. The molecule has 5 aromatic carbocycles. The molecule has 0 amide bonds. The maximum atomic E-state index is 13.0. The molecule has 0 saturated heterocycles. The fourth-order valence-electron chi connectivity index (χ4n) is 5.39. The van der Waals surface area contributed by atoms with Gasteiger partial charge < -0.3 is 10.8 Å². The molecule has 27 nitrogen and oxygen atoms in total. The zero-order chi connectivity index (χ0) is 47.3. The number of nitrogens with two attached hydrogens (primary N) is 1. The lowest BCUT2D eigenvalue weighted by molar-refractivity contribution is -0.434. The number of phenols is 1. The second-order valence-corrected chi connectivity index (χ2v) is 21.5. The van der Waals surface area contributed by atoms with E-state index in [0.717, 1.165) is 48.5 Å². The lowest BCUT2D eigenvalue weighted by atomic mass is 10.1. The maximum absolute atomic E-state index is 13.0. The van der Waals surface area contributed by atoms with Crippen molar-refractivity contribution in [3.8, 4) is 5.75 Å². The van der Waals surface area contributed by atoms with Gasteiger partial charge in [-0.3, -0.25) is 17.8 Å². The molecule has 0 fully saturated rings. The van der Waals surface area contributed by atoms with Gasteiger partial charge in [-0.2, -0.15) is 35.5 Å². The lowest BCUT2D eigenvalue weighted by Gasteiger charge is -2.14. The molecule has 0 saturated carbocycles. The monoisotopic (exact) mass is 1030 g/mol. The molecule has 0 aliphatic heterocycles. The Morgan fingerprint density at radius 2 is 1.20 bits per heavy atom. The van der Waals surface area contributed by atoms with Gasteiger partial charge in [-0.25, -0.2) is 31.5 Å². The average Bonchev–Trinajstić information content (AvgIpc) is 3.20. The molecule has 5 aromatic rings. The van der Waals surface area contributed by atoms with Gasteiger partial charge in [-0.05, 0) is 71.4 Å². The number of sulfone groups is 2. The van der Waals surface area contributed by atoms with Crippen LogP contribution in [0.1, 0.15) is 0 Å². The molecule has 0 radical (unpaired) electrons. The minimum atomic E-state index is -5.18. The second-order valence-electron chi connectivity index (χ2n) is 12.1. The first-order valence-electron chi connectivity index (χ1n) is 16.4. The van der Waals surface area contributed by atoms with Gasteiger partial charge in [-0.15, -0.1) is 18.9 Å². The first-order valence-corrected chi connectivity index (χ1v) is 25.4. The third-order valence-corrected chi connectivity index (χ3v) is 14.7. The van der Waals surface area contributed by atoms with Crippen LogP contribution in [0.25, 0.3) is 21.5 Å². The summed E-state index contributed by atoms with van der Waals surface area (Å²) in [6.45, 7) is -1.42. The Morgan fingerprint density at radius 1 is 0.609 bits per heavy atom. The average molecular weight is 1030 g/mol. The van der Waals surface area contributed by atoms with Crippen molar-refractivity contribution >= 4 is 125 Å². The number of aromatic hydroxyl groups is 1. The number of rotatable bonds is 21. The molecule has 34 heteroatoms. The highest BCUT2D eigenvalue weighted by Gasteiger charge is 2.27. The fourth-order valence-corrected chi connectivity index (χ4v) is 10.3. The number of nitrogen functional groups attached to an aromatic ring is 1. The molecular weight excluding hydrogens is 1010 g/mol. The Kier molecular flexibility index (Phi) is 16.0. The Hall–Kier alpha value is -4.57. The van der Waals surface area contributed by atoms with Crippen molar-refractivity contribution in [2.24, 2.45) is 20.5 Å². The van der Waals surface area contributed by atoms with Gasteiger partial charge in [0.05, 0.1) is 73.9 Å². The summed E-state index contributed by atoms with van der Waals surface area (Å²) in [4.78, 5) is -2.94. The predicted molar refractivity (Wildman–Crippen MR) is 219 cm³/mol. The van der Waals surface area contributed by atoms with Crippen LogP contribution >= 0.6 is 24.4 Å². The summed E-state index contributed by atoms with van der Waals surface area (Å²) in [5.74, 6) is -2.42. The van der Waals surface area contributed by atoms with Gasteiger partial charge in [0.1, 0.15) is 21.2 Å². The predicted octanol–water partition coefficient (Wildman–Crippen LogP) is 5.40. The van der Waals surface area contributed by atoms with E-state index in [1.165, 1.54) is 12.1 Å². The van der Waals surface area contributed by atoms with Crippen LogP contribution in [0.3, 0.4) is 0 Å². The molecule has 0 spiro atoms. The maximum Gasteiger partial charge on any atom is 0.397 e. The summed E-state index contributed by atoms with van der Waals surface area (Å²) in [5.41, 5.74) is 4.12. The Morgan fingerprint density at radius 3 is 1.83 bits per heavy atom. The van der Waals surface area contributed by atoms with Crippen molar-refractivity contribution in [2.75, 3.05) is 30.5 Å². The van der Waals surface area contributed by atoms with Gasteiger partial charge >= 0.3 is 10.4 Å². The number of fused-ring (bicyclic) bond motifs is 2. The van der Waals surface area contributed by atoms with E-state index in [-0.39, 0.29) is 67.1 Å². The fraction of sp³-hybridized carbons (Fsp3) is 0.133. The Bertz CT molecular complexity index is 3230. The summed E-state index contributed by atoms with van der Waals surface area (Å²) in [7, 11) is -23.6. The van der Waals surface area contributed by atoms with Crippen molar-refractivity contribution < 1.29 is 98.5 Å². The summed E-state index contributed by atoms with van der Waals surface area (Å²) < 4.78 is 169. The van der Waals surface area contributed by atoms with E-state index in [0.29, 0.717) is 6.07 Å². The molecule has 0 bridgehead atoms. The van der Waals surface area contributed by atoms with Crippen molar-refractivity contribution in [3.63, 3.8) is 0 Å². The van der Waals surface area contributed by atoms with Gasteiger partial charge in [0.2, 0.25) is 0 Å². The second kappa shape index (κ2) is 20.3. The van der Waals surface area contributed by atoms with E-state index in [1.807, 2.05) is 0 Å². The first-order chi connectivity index (χ1) is 29.9. The van der Waals surface area contributed by atoms with Crippen LogP contribution in [0.4, 0.5) is 28.4 Å². The molecule has 346 valence electrons. The standard InChI is InChI=1S/C30H27N5O22S7/c31-27-26-17(13-25(63(46,47)48)29(27)35-32-18-3-5-20(6-4-18)60(39,40)10-8-53-64(49,50)51)12-23(58-56-54-37)28(30(26)36)34-33-19-2-1-16-11-21(15-24(22(16)14-19)62(43,44)45)61(41,42)9-7-52-59-57-55-38/h1-6,11-15,36-38H,7-10,31H2,(H,43,44,45)(H,46,47,48)(H,49,50,51)/b34-33+,35-32+. The van der Waals surface area contributed by atoms with Crippen LogP contribution in [0.2, 0.25) is 0 Å². The van der Waals surface area contributed by atoms with Crippen molar-refractivity contribution in [1.82, 2.24) is 0 Å². The molecule has 5 rings (SSSR count). The molecule has 0 atom stereocenters. The van der Waals surface area contributed by atoms with Gasteiger partial charge in [-0.1, -0.05) is 16.1 Å². The Labute approximate surface area is 369 Å². The minimum Gasteiger partial charge on any atom is -0.505 e. The Balaban J connectivity index is 1.57. The summed E-state index contributed by atoms with van der Waals surface area (Å²) in [6, 6.07) is 11.5. The zero-order valence-electron chi connectivity index (χ0n) is 31.1. The van der Waals surface area contributed by atoms with Gasteiger partial charge in [0.25, 0.3) is 20.2 Å². The van der Waals surface area contributed by atoms with Gasteiger partial charge in [0, 0.05) is 5.39 Å².